The second kappa shape index (κ2) is 9.10. The molecule has 0 saturated carbocycles. The number of halogens is 1. The molecule has 35 heavy (non-hydrogen) atoms. The van der Waals surface area contributed by atoms with E-state index in [0.29, 0.717) is 12.1 Å². The summed E-state index contributed by atoms with van der Waals surface area (Å²) < 4.78 is 14.8. The largest absolute Gasteiger partial charge is 0.289 e. The molecule has 5 rings (SSSR count). The normalized spacial score (nSPS) is 11.1. The average Bonchev–Trinajstić information content (AvgIpc) is 3.28. The zero-order valence-corrected chi connectivity index (χ0v) is 19.7. The number of carbonyl (C=O) groups excluding carboxylic acids is 1. The van der Waals surface area contributed by atoms with Crippen molar-refractivity contribution in [2.24, 2.45) is 0 Å². The molecular weight excluding hydrogens is 441 g/mol. The van der Waals surface area contributed by atoms with Crippen LogP contribution >= 0.6 is 0 Å². The number of carbonyl (C=O) groups is 1. The third kappa shape index (κ3) is 4.80. The maximum atomic E-state index is 13.4. The quantitative estimate of drug-likeness (QED) is 0.353. The van der Waals surface area contributed by atoms with Crippen LogP contribution in [0.4, 0.5) is 10.3 Å². The maximum absolute atomic E-state index is 13.4. The molecule has 0 aliphatic heterocycles. The number of aromatic nitrogens is 4. The predicted molar refractivity (Wildman–Crippen MR) is 135 cm³/mol. The van der Waals surface area contributed by atoms with Gasteiger partial charge in [0.25, 0.3) is 5.91 Å². The Morgan fingerprint density at radius 3 is 2.51 bits per heavy atom. The third-order valence-electron chi connectivity index (χ3n) is 6.03. The highest BCUT2D eigenvalue weighted by atomic mass is 19.1. The van der Waals surface area contributed by atoms with Gasteiger partial charge in [-0.3, -0.25) is 10.1 Å². The van der Waals surface area contributed by atoms with Crippen LogP contribution in [0.2, 0.25) is 0 Å². The molecule has 3 aromatic carbocycles. The van der Waals surface area contributed by atoms with Gasteiger partial charge >= 0.3 is 0 Å². The van der Waals surface area contributed by atoms with Crippen LogP contribution in [0, 0.1) is 26.6 Å². The number of rotatable bonds is 5. The molecule has 5 aromatic rings. The van der Waals surface area contributed by atoms with Crippen molar-refractivity contribution >= 4 is 22.8 Å². The van der Waals surface area contributed by atoms with Crippen molar-refractivity contribution < 1.29 is 9.18 Å². The average molecular weight is 466 g/mol. The minimum atomic E-state index is -0.312. The number of hydrogen-bond acceptors (Lipinski definition) is 4. The van der Waals surface area contributed by atoms with Gasteiger partial charge in [-0.05, 0) is 73.9 Å². The van der Waals surface area contributed by atoms with Crippen molar-refractivity contribution in [3.63, 3.8) is 0 Å². The van der Waals surface area contributed by atoms with Crippen LogP contribution in [0.15, 0.2) is 73.1 Å². The molecule has 0 spiro atoms. The van der Waals surface area contributed by atoms with E-state index in [1.165, 1.54) is 24.0 Å². The topological polar surface area (TPSA) is 72.7 Å². The SMILES string of the molecule is Cc1ccc2nc(-c3ccc(C)c(C)c3)cc(C(=O)Nc3ncn(Cc4ccc(F)cc4)n3)c2c1. The smallest absolute Gasteiger partial charge is 0.258 e. The van der Waals surface area contributed by atoms with Gasteiger partial charge in [0.1, 0.15) is 12.1 Å². The highest BCUT2D eigenvalue weighted by Gasteiger charge is 2.16. The number of hydrogen-bond donors (Lipinski definition) is 1. The first-order valence-electron chi connectivity index (χ1n) is 11.3. The van der Waals surface area contributed by atoms with Gasteiger partial charge in [0, 0.05) is 10.9 Å². The molecule has 1 amide bonds. The summed E-state index contributed by atoms with van der Waals surface area (Å²) in [5, 5.41) is 7.94. The predicted octanol–water partition coefficient (Wildman–Crippen LogP) is 5.86. The fourth-order valence-electron chi connectivity index (χ4n) is 3.95. The minimum Gasteiger partial charge on any atom is -0.289 e. The molecule has 0 unspecified atom stereocenters. The van der Waals surface area contributed by atoms with Crippen LogP contribution in [-0.4, -0.2) is 25.7 Å². The first-order chi connectivity index (χ1) is 16.9. The van der Waals surface area contributed by atoms with Gasteiger partial charge < -0.3 is 0 Å². The molecule has 0 saturated heterocycles. The molecule has 0 bridgehead atoms. The van der Waals surface area contributed by atoms with Crippen molar-refractivity contribution in [1.29, 1.82) is 0 Å². The fourth-order valence-corrected chi connectivity index (χ4v) is 3.95. The summed E-state index contributed by atoms with van der Waals surface area (Å²) in [5.74, 6) is -0.407. The molecule has 0 radical (unpaired) electrons. The Kier molecular flexibility index (Phi) is 5.82. The highest BCUT2D eigenvalue weighted by molar-refractivity contribution is 6.12. The molecule has 1 N–H and O–H groups in total. The molecule has 0 atom stereocenters. The number of anilines is 1. The van der Waals surface area contributed by atoms with E-state index in [4.69, 9.17) is 4.98 Å². The zero-order valence-electron chi connectivity index (χ0n) is 19.7. The Morgan fingerprint density at radius 1 is 0.943 bits per heavy atom. The second-order valence-electron chi connectivity index (χ2n) is 8.72. The zero-order chi connectivity index (χ0) is 24.5. The molecule has 2 heterocycles. The Bertz CT molecular complexity index is 1560. The van der Waals surface area contributed by atoms with Crippen LogP contribution in [0.5, 0.6) is 0 Å². The van der Waals surface area contributed by atoms with E-state index >= 15 is 0 Å². The summed E-state index contributed by atoms with van der Waals surface area (Å²) in [4.78, 5) is 22.4. The molecule has 174 valence electrons. The van der Waals surface area contributed by atoms with Gasteiger partial charge in [-0.25, -0.2) is 19.0 Å². The van der Waals surface area contributed by atoms with E-state index in [9.17, 15) is 9.18 Å². The second-order valence-corrected chi connectivity index (χ2v) is 8.72. The Hall–Kier alpha value is -4.39. The standard InChI is InChI=1S/C28H24FN5O/c1-17-4-11-25-23(12-17)24(14-26(31-25)21-8-5-18(2)19(3)13-21)27(35)32-28-30-16-34(33-28)15-20-6-9-22(29)10-7-20/h4-14,16H,15H2,1-3H3,(H,32,33,35). The van der Waals surface area contributed by atoms with Gasteiger partial charge in [-0.15, -0.1) is 5.10 Å². The number of nitrogens with one attached hydrogen (secondary N) is 1. The van der Waals surface area contributed by atoms with Gasteiger partial charge in [-0.1, -0.05) is 35.9 Å². The summed E-state index contributed by atoms with van der Waals surface area (Å²) >= 11 is 0. The van der Waals surface area contributed by atoms with Crippen molar-refractivity contribution in [2.75, 3.05) is 5.32 Å². The molecule has 0 aliphatic rings. The third-order valence-corrected chi connectivity index (χ3v) is 6.03. The molecule has 0 fully saturated rings. The number of fused-ring (bicyclic) bond motifs is 1. The number of aryl methyl sites for hydroxylation is 3. The van der Waals surface area contributed by atoms with Crippen molar-refractivity contribution in [1.82, 2.24) is 19.7 Å². The van der Waals surface area contributed by atoms with E-state index in [-0.39, 0.29) is 17.7 Å². The number of pyridine rings is 1. The van der Waals surface area contributed by atoms with E-state index < -0.39 is 0 Å². The number of nitrogens with zero attached hydrogens (tertiary/aromatic N) is 4. The molecule has 6 nitrogen and oxygen atoms in total. The summed E-state index contributed by atoms with van der Waals surface area (Å²) in [7, 11) is 0. The van der Waals surface area contributed by atoms with Gasteiger partial charge in [0.15, 0.2) is 0 Å². The number of benzene rings is 3. The Balaban J connectivity index is 1.47. The summed E-state index contributed by atoms with van der Waals surface area (Å²) in [5.41, 5.74) is 7.20. The lowest BCUT2D eigenvalue weighted by molar-refractivity contribution is 0.102. The van der Waals surface area contributed by atoms with E-state index in [1.807, 2.05) is 37.3 Å². The molecular formula is C28H24FN5O. The first-order valence-corrected chi connectivity index (χ1v) is 11.3. The summed E-state index contributed by atoms with van der Waals surface area (Å²) in [6, 6.07) is 20.0. The van der Waals surface area contributed by atoms with Crippen LogP contribution in [0.1, 0.15) is 32.6 Å². The summed E-state index contributed by atoms with van der Waals surface area (Å²) in [6.45, 7) is 6.52. The van der Waals surface area contributed by atoms with E-state index in [2.05, 4.69) is 41.4 Å². The van der Waals surface area contributed by atoms with Gasteiger partial charge in [0.05, 0.1) is 23.3 Å². The Labute approximate surface area is 202 Å². The van der Waals surface area contributed by atoms with Crippen LogP contribution in [0.3, 0.4) is 0 Å². The van der Waals surface area contributed by atoms with Crippen molar-refractivity contribution in [2.45, 2.75) is 27.3 Å². The lowest BCUT2D eigenvalue weighted by Gasteiger charge is -2.11. The minimum absolute atomic E-state index is 0.197. The van der Waals surface area contributed by atoms with Crippen LogP contribution in [0.25, 0.3) is 22.2 Å². The molecule has 0 aliphatic carbocycles. The Morgan fingerprint density at radius 2 is 1.74 bits per heavy atom. The first kappa shape index (κ1) is 22.4. The lowest BCUT2D eigenvalue weighted by Crippen LogP contribution is -2.14. The molecule has 7 heteroatoms. The van der Waals surface area contributed by atoms with E-state index in [0.717, 1.165) is 38.9 Å². The van der Waals surface area contributed by atoms with Crippen molar-refractivity contribution in [3.05, 3.63) is 107 Å². The number of amides is 1. The maximum Gasteiger partial charge on any atom is 0.258 e. The van der Waals surface area contributed by atoms with Crippen LogP contribution < -0.4 is 5.32 Å². The van der Waals surface area contributed by atoms with Crippen LogP contribution in [-0.2, 0) is 6.54 Å². The van der Waals surface area contributed by atoms with Gasteiger partial charge in [0.2, 0.25) is 5.95 Å². The van der Waals surface area contributed by atoms with Crippen molar-refractivity contribution in [3.8, 4) is 11.3 Å². The van der Waals surface area contributed by atoms with Gasteiger partial charge in [-0.2, -0.15) is 0 Å². The molecule has 2 aromatic heterocycles. The monoisotopic (exact) mass is 465 g/mol. The lowest BCUT2D eigenvalue weighted by atomic mass is 10.00. The fraction of sp³-hybridized carbons (Fsp3) is 0.143. The van der Waals surface area contributed by atoms with E-state index in [1.54, 1.807) is 16.8 Å². The highest BCUT2D eigenvalue weighted by Crippen LogP contribution is 2.27. The summed E-state index contributed by atoms with van der Waals surface area (Å²) in [6.07, 6.45) is 1.54.